The van der Waals surface area contributed by atoms with Crippen molar-refractivity contribution in [2.24, 2.45) is 0 Å². The summed E-state index contributed by atoms with van der Waals surface area (Å²) in [4.78, 5) is 43.0. The van der Waals surface area contributed by atoms with Crippen LogP contribution in [0.1, 0.15) is 245 Å². The van der Waals surface area contributed by atoms with Gasteiger partial charge in [-0.2, -0.15) is 0 Å². The molecular weight excluding hydrogens is 723 g/mol. The van der Waals surface area contributed by atoms with Crippen LogP contribution in [0.3, 0.4) is 0 Å². The maximum Gasteiger partial charge on any atom is 0.469 e. The third-order valence-electron chi connectivity index (χ3n) is 10.5. The van der Waals surface area contributed by atoms with Crippen molar-refractivity contribution < 1.29 is 37.9 Å². The van der Waals surface area contributed by atoms with E-state index < -0.39 is 32.5 Å². The fraction of sp³-hybridized carbons (Fsp3) is 0.872. The summed E-state index contributed by atoms with van der Waals surface area (Å²) in [5, 5.41) is 0. The molecular formula is C47H89O8P. The number of hydrogen-bond acceptors (Lipinski definition) is 6. The molecule has 0 amide bonds. The first-order valence-corrected chi connectivity index (χ1v) is 25.2. The minimum atomic E-state index is -4.76. The molecule has 0 aromatic rings. The standard InChI is InChI=1S/C47H89O8P/c1-3-5-7-9-11-13-15-17-19-21-22-23-24-26-28-30-32-34-36-38-40-42-47(49)55-45(44-54-56(50,51)52)43-53-46(48)41-39-37-35-33-31-29-27-25-20-18-16-14-12-10-8-6-4-2/h12,14,18,20,45H,3-11,13,15-17,19,21-44H2,1-2H3,(H2,50,51,52)/b14-12-,20-18-/t45-/m1/s1. The molecule has 0 radical (unpaired) electrons. The lowest BCUT2D eigenvalue weighted by Gasteiger charge is -2.18. The molecule has 0 aromatic heterocycles. The van der Waals surface area contributed by atoms with E-state index in [1.807, 2.05) is 0 Å². The number of rotatable bonds is 44. The second-order valence-electron chi connectivity index (χ2n) is 16.1. The predicted octanol–water partition coefficient (Wildman–Crippen LogP) is 14.7. The number of carbonyl (C=O) groups is 2. The van der Waals surface area contributed by atoms with Crippen LogP contribution in [0, 0.1) is 0 Å². The van der Waals surface area contributed by atoms with Crippen LogP contribution in [0.15, 0.2) is 24.3 Å². The van der Waals surface area contributed by atoms with Crippen molar-refractivity contribution in [1.29, 1.82) is 0 Å². The summed E-state index contributed by atoms with van der Waals surface area (Å²) in [6.45, 7) is 3.69. The minimum absolute atomic E-state index is 0.215. The lowest BCUT2D eigenvalue weighted by Crippen LogP contribution is -2.29. The Labute approximate surface area is 345 Å². The maximum absolute atomic E-state index is 12.5. The van der Waals surface area contributed by atoms with Crippen LogP contribution in [0.4, 0.5) is 0 Å². The molecule has 0 aliphatic rings. The summed E-state index contributed by atoms with van der Waals surface area (Å²) >= 11 is 0. The first-order valence-electron chi connectivity index (χ1n) is 23.6. The summed E-state index contributed by atoms with van der Waals surface area (Å²) in [5.41, 5.74) is 0. The van der Waals surface area contributed by atoms with Gasteiger partial charge in [0.1, 0.15) is 6.61 Å². The Morgan fingerprint density at radius 1 is 0.464 bits per heavy atom. The van der Waals surface area contributed by atoms with Crippen molar-refractivity contribution in [2.45, 2.75) is 251 Å². The quantitative estimate of drug-likeness (QED) is 0.0270. The van der Waals surface area contributed by atoms with Crippen LogP contribution in [-0.2, 0) is 28.2 Å². The molecule has 330 valence electrons. The molecule has 2 N–H and O–H groups in total. The summed E-state index contributed by atoms with van der Waals surface area (Å²) in [6.07, 6.45) is 50.5. The lowest BCUT2D eigenvalue weighted by atomic mass is 10.0. The average Bonchev–Trinajstić information content (AvgIpc) is 3.17. The second-order valence-corrected chi connectivity index (χ2v) is 17.3. The summed E-state index contributed by atoms with van der Waals surface area (Å²) in [6, 6.07) is 0. The molecule has 0 aliphatic heterocycles. The summed E-state index contributed by atoms with van der Waals surface area (Å²) in [5.74, 6) is -0.881. The molecule has 0 spiro atoms. The average molecular weight is 813 g/mol. The molecule has 9 heteroatoms. The molecule has 0 aromatic carbocycles. The zero-order chi connectivity index (χ0) is 41.1. The highest BCUT2D eigenvalue weighted by Crippen LogP contribution is 2.36. The van der Waals surface area contributed by atoms with Gasteiger partial charge in [0.2, 0.25) is 0 Å². The van der Waals surface area contributed by atoms with Gasteiger partial charge in [0.05, 0.1) is 6.61 Å². The topological polar surface area (TPSA) is 119 Å². The van der Waals surface area contributed by atoms with Crippen LogP contribution >= 0.6 is 7.82 Å². The Kier molecular flexibility index (Phi) is 42.0. The minimum Gasteiger partial charge on any atom is -0.462 e. The first-order chi connectivity index (χ1) is 27.3. The third kappa shape index (κ3) is 45.2. The van der Waals surface area contributed by atoms with Gasteiger partial charge in [0.15, 0.2) is 6.10 Å². The number of carbonyl (C=O) groups excluding carboxylic acids is 2. The molecule has 0 rings (SSSR count). The number of unbranched alkanes of at least 4 members (excludes halogenated alkanes) is 30. The molecule has 0 heterocycles. The molecule has 0 bridgehead atoms. The van der Waals surface area contributed by atoms with Crippen LogP contribution < -0.4 is 0 Å². The highest BCUT2D eigenvalue weighted by Gasteiger charge is 2.23. The molecule has 56 heavy (non-hydrogen) atoms. The van der Waals surface area contributed by atoms with E-state index in [1.54, 1.807) is 0 Å². The Bertz CT molecular complexity index is 962. The number of phosphoric acid groups is 1. The Hall–Kier alpha value is -1.47. The Morgan fingerprint density at radius 2 is 0.804 bits per heavy atom. The molecule has 0 fully saturated rings. The van der Waals surface area contributed by atoms with Crippen molar-refractivity contribution in [3.8, 4) is 0 Å². The summed E-state index contributed by atoms with van der Waals surface area (Å²) < 4.78 is 26.5. The van der Waals surface area contributed by atoms with Crippen molar-refractivity contribution in [3.63, 3.8) is 0 Å². The van der Waals surface area contributed by atoms with Crippen LogP contribution in [-0.4, -0.2) is 41.0 Å². The second kappa shape index (κ2) is 43.1. The first kappa shape index (κ1) is 54.5. The lowest BCUT2D eigenvalue weighted by molar-refractivity contribution is -0.161. The van der Waals surface area contributed by atoms with Gasteiger partial charge in [-0.25, -0.2) is 4.57 Å². The van der Waals surface area contributed by atoms with E-state index >= 15 is 0 Å². The van der Waals surface area contributed by atoms with Gasteiger partial charge >= 0.3 is 19.8 Å². The highest BCUT2D eigenvalue weighted by molar-refractivity contribution is 7.46. The van der Waals surface area contributed by atoms with Crippen molar-refractivity contribution in [2.75, 3.05) is 13.2 Å². The van der Waals surface area contributed by atoms with Gasteiger partial charge < -0.3 is 19.3 Å². The molecule has 0 unspecified atom stereocenters. The van der Waals surface area contributed by atoms with Crippen LogP contribution in [0.5, 0.6) is 0 Å². The van der Waals surface area contributed by atoms with E-state index in [2.05, 4.69) is 42.7 Å². The Morgan fingerprint density at radius 3 is 1.21 bits per heavy atom. The third-order valence-corrected chi connectivity index (χ3v) is 11.0. The molecule has 8 nitrogen and oxygen atoms in total. The largest absolute Gasteiger partial charge is 0.469 e. The maximum atomic E-state index is 12.5. The SMILES string of the molecule is CCCCC/C=C\C/C=C\CCCCCCCCCC(=O)OC[C@H](COP(=O)(O)O)OC(=O)CCCCCCCCCCCCCCCCCCCCCCC. The van der Waals surface area contributed by atoms with E-state index in [-0.39, 0.29) is 19.4 Å². The van der Waals surface area contributed by atoms with Gasteiger partial charge in [-0.3, -0.25) is 14.1 Å². The van der Waals surface area contributed by atoms with Crippen LogP contribution in [0.25, 0.3) is 0 Å². The van der Waals surface area contributed by atoms with Gasteiger partial charge in [-0.1, -0.05) is 212 Å². The van der Waals surface area contributed by atoms with E-state index in [9.17, 15) is 14.2 Å². The van der Waals surface area contributed by atoms with Crippen LogP contribution in [0.2, 0.25) is 0 Å². The smallest absolute Gasteiger partial charge is 0.462 e. The molecule has 1 atom stereocenters. The Balaban J connectivity index is 3.83. The fourth-order valence-corrected chi connectivity index (χ4v) is 7.30. The van der Waals surface area contributed by atoms with Gasteiger partial charge in [0.25, 0.3) is 0 Å². The predicted molar refractivity (Wildman–Crippen MR) is 235 cm³/mol. The van der Waals surface area contributed by atoms with Crippen molar-refractivity contribution in [3.05, 3.63) is 24.3 Å². The number of allylic oxidation sites excluding steroid dienone is 4. The molecule has 0 saturated carbocycles. The van der Waals surface area contributed by atoms with Gasteiger partial charge in [-0.05, 0) is 44.9 Å². The van der Waals surface area contributed by atoms with Crippen molar-refractivity contribution >= 4 is 19.8 Å². The number of ether oxygens (including phenoxy) is 2. The fourth-order valence-electron chi connectivity index (χ4n) is 6.93. The number of hydrogen-bond donors (Lipinski definition) is 2. The normalized spacial score (nSPS) is 12.6. The number of esters is 2. The van der Waals surface area contributed by atoms with E-state index in [0.29, 0.717) is 6.42 Å². The highest BCUT2D eigenvalue weighted by atomic mass is 31.2. The van der Waals surface area contributed by atoms with E-state index in [1.165, 1.54) is 154 Å². The zero-order valence-electron chi connectivity index (χ0n) is 36.5. The van der Waals surface area contributed by atoms with E-state index in [4.69, 9.17) is 19.3 Å². The zero-order valence-corrected chi connectivity index (χ0v) is 37.4. The molecule has 0 saturated heterocycles. The number of phosphoric ester groups is 1. The van der Waals surface area contributed by atoms with Crippen molar-refractivity contribution in [1.82, 2.24) is 0 Å². The van der Waals surface area contributed by atoms with Gasteiger partial charge in [-0.15, -0.1) is 0 Å². The summed E-state index contributed by atoms with van der Waals surface area (Å²) in [7, 11) is -4.76. The molecule has 0 aliphatic carbocycles. The van der Waals surface area contributed by atoms with Gasteiger partial charge in [0, 0.05) is 12.8 Å². The van der Waals surface area contributed by atoms with E-state index in [0.717, 1.165) is 57.8 Å². The monoisotopic (exact) mass is 813 g/mol.